The molecule has 0 fully saturated rings. The summed E-state index contributed by atoms with van der Waals surface area (Å²) >= 11 is 0. The minimum Gasteiger partial charge on any atom is -0.490 e. The van der Waals surface area contributed by atoms with E-state index < -0.39 is 0 Å². The van der Waals surface area contributed by atoms with Gasteiger partial charge in [-0.2, -0.15) is 0 Å². The number of ether oxygens (including phenoxy) is 4. The Bertz CT molecular complexity index is 954. The molecule has 0 heterocycles. The first-order valence-electron chi connectivity index (χ1n) is 12.5. The highest BCUT2D eigenvalue weighted by molar-refractivity contribution is 5.91. The van der Waals surface area contributed by atoms with Crippen LogP contribution in [0.4, 0.5) is 0 Å². The molecule has 0 aromatic heterocycles. The van der Waals surface area contributed by atoms with Crippen LogP contribution in [0.1, 0.15) is 85.2 Å². The SMILES string of the molecule is C=Cc1cc(C(=O)OCCCCCCOC(=O)c2ccc(OC(C)C)c(C=C)c2)ccc1OC(C)C. The van der Waals surface area contributed by atoms with E-state index in [0.717, 1.165) is 36.8 Å². The standard InChI is InChI=1S/C30H38O6/c1-7-23-19-25(13-15-27(23)35-21(3)4)29(31)33-17-11-9-10-12-18-34-30(32)26-14-16-28(36-22(5)6)24(8-2)20-26/h7-8,13-16,19-22H,1-2,9-12,17-18H2,3-6H3. The van der Waals surface area contributed by atoms with Gasteiger partial charge in [-0.1, -0.05) is 25.3 Å². The van der Waals surface area contributed by atoms with Crippen molar-refractivity contribution < 1.29 is 28.5 Å². The number of carbonyl (C=O) groups is 2. The molecule has 0 saturated heterocycles. The molecule has 0 atom stereocenters. The third kappa shape index (κ3) is 9.25. The first-order valence-corrected chi connectivity index (χ1v) is 12.5. The molecule has 0 radical (unpaired) electrons. The second-order valence-corrected chi connectivity index (χ2v) is 8.93. The first kappa shape index (κ1) is 28.7. The molecule has 0 unspecified atom stereocenters. The summed E-state index contributed by atoms with van der Waals surface area (Å²) in [5.41, 5.74) is 2.45. The summed E-state index contributed by atoms with van der Waals surface area (Å²) in [4.78, 5) is 24.7. The van der Waals surface area contributed by atoms with Crippen LogP contribution in [0.5, 0.6) is 11.5 Å². The van der Waals surface area contributed by atoms with Crippen LogP contribution in [0, 0.1) is 0 Å². The molecular weight excluding hydrogens is 456 g/mol. The summed E-state index contributed by atoms with van der Waals surface area (Å²) in [5, 5.41) is 0. The van der Waals surface area contributed by atoms with Crippen molar-refractivity contribution in [1.29, 1.82) is 0 Å². The fraction of sp³-hybridized carbons (Fsp3) is 0.400. The zero-order valence-corrected chi connectivity index (χ0v) is 21.9. The van der Waals surface area contributed by atoms with Gasteiger partial charge >= 0.3 is 11.9 Å². The average molecular weight is 495 g/mol. The van der Waals surface area contributed by atoms with E-state index in [1.165, 1.54) is 0 Å². The second-order valence-electron chi connectivity index (χ2n) is 8.93. The van der Waals surface area contributed by atoms with E-state index in [1.807, 2.05) is 27.7 Å². The topological polar surface area (TPSA) is 71.1 Å². The predicted octanol–water partition coefficient (Wildman–Crippen LogP) is 7.12. The van der Waals surface area contributed by atoms with Crippen LogP contribution in [0.2, 0.25) is 0 Å². The lowest BCUT2D eigenvalue weighted by Crippen LogP contribution is -2.10. The Morgan fingerprint density at radius 3 is 1.42 bits per heavy atom. The molecule has 2 rings (SSSR count). The lowest BCUT2D eigenvalue weighted by molar-refractivity contribution is 0.0473. The average Bonchev–Trinajstić information content (AvgIpc) is 2.85. The van der Waals surface area contributed by atoms with Crippen molar-refractivity contribution in [2.45, 2.75) is 65.6 Å². The molecule has 0 bridgehead atoms. The van der Waals surface area contributed by atoms with E-state index in [2.05, 4.69) is 13.2 Å². The third-order valence-corrected chi connectivity index (χ3v) is 5.16. The van der Waals surface area contributed by atoms with Gasteiger partial charge in [-0.3, -0.25) is 0 Å². The van der Waals surface area contributed by atoms with Gasteiger partial charge < -0.3 is 18.9 Å². The molecule has 36 heavy (non-hydrogen) atoms. The fourth-order valence-corrected chi connectivity index (χ4v) is 3.45. The van der Waals surface area contributed by atoms with Crippen molar-refractivity contribution in [1.82, 2.24) is 0 Å². The van der Waals surface area contributed by atoms with E-state index in [9.17, 15) is 9.59 Å². The van der Waals surface area contributed by atoms with Gasteiger partial charge in [-0.05, 0) is 89.8 Å². The molecule has 6 nitrogen and oxygen atoms in total. The van der Waals surface area contributed by atoms with Gasteiger partial charge in [0.25, 0.3) is 0 Å². The Kier molecular flexibility index (Phi) is 11.8. The van der Waals surface area contributed by atoms with E-state index in [1.54, 1.807) is 48.6 Å². The molecule has 6 heteroatoms. The normalized spacial score (nSPS) is 10.7. The maximum atomic E-state index is 12.3. The zero-order chi connectivity index (χ0) is 26.5. The number of unbranched alkanes of at least 4 members (excludes halogenated alkanes) is 3. The smallest absolute Gasteiger partial charge is 0.338 e. The zero-order valence-electron chi connectivity index (χ0n) is 21.9. The van der Waals surface area contributed by atoms with Crippen LogP contribution in [0.3, 0.4) is 0 Å². The van der Waals surface area contributed by atoms with Gasteiger partial charge in [0, 0.05) is 11.1 Å². The summed E-state index contributed by atoms with van der Waals surface area (Å²) in [6.45, 7) is 16.0. The van der Waals surface area contributed by atoms with Gasteiger partial charge in [-0.15, -0.1) is 0 Å². The number of carbonyl (C=O) groups excluding carboxylic acids is 2. The Morgan fingerprint density at radius 2 is 1.08 bits per heavy atom. The van der Waals surface area contributed by atoms with Gasteiger partial charge in [0.2, 0.25) is 0 Å². The summed E-state index contributed by atoms with van der Waals surface area (Å²) in [6.07, 6.45) is 6.60. The van der Waals surface area contributed by atoms with Gasteiger partial charge in [0.05, 0.1) is 36.5 Å². The van der Waals surface area contributed by atoms with Crippen molar-refractivity contribution in [3.05, 3.63) is 71.8 Å². The van der Waals surface area contributed by atoms with Crippen molar-refractivity contribution >= 4 is 24.1 Å². The molecule has 2 aromatic carbocycles. The lowest BCUT2D eigenvalue weighted by Gasteiger charge is -2.13. The summed E-state index contributed by atoms with van der Waals surface area (Å²) in [7, 11) is 0. The Balaban J connectivity index is 1.67. The minimum absolute atomic E-state index is 0.0337. The molecule has 0 saturated carbocycles. The molecule has 0 aliphatic rings. The molecule has 194 valence electrons. The van der Waals surface area contributed by atoms with Crippen molar-refractivity contribution in [2.75, 3.05) is 13.2 Å². The molecule has 0 amide bonds. The molecular formula is C30H38O6. The van der Waals surface area contributed by atoms with Crippen molar-refractivity contribution in [3.63, 3.8) is 0 Å². The number of hydrogen-bond donors (Lipinski definition) is 0. The van der Waals surface area contributed by atoms with Crippen LogP contribution in [0.15, 0.2) is 49.6 Å². The number of esters is 2. The fourth-order valence-electron chi connectivity index (χ4n) is 3.45. The molecule has 0 aliphatic carbocycles. The van der Waals surface area contributed by atoms with Crippen LogP contribution < -0.4 is 9.47 Å². The summed E-state index contributed by atoms with van der Waals surface area (Å²) in [6, 6.07) is 10.4. The summed E-state index contributed by atoms with van der Waals surface area (Å²) < 4.78 is 22.2. The molecule has 0 aliphatic heterocycles. The maximum Gasteiger partial charge on any atom is 0.338 e. The highest BCUT2D eigenvalue weighted by Crippen LogP contribution is 2.24. The largest absolute Gasteiger partial charge is 0.490 e. The third-order valence-electron chi connectivity index (χ3n) is 5.16. The van der Waals surface area contributed by atoms with Crippen LogP contribution >= 0.6 is 0 Å². The maximum absolute atomic E-state index is 12.3. The molecule has 2 aromatic rings. The van der Waals surface area contributed by atoms with Crippen LogP contribution in [0.25, 0.3) is 12.2 Å². The minimum atomic E-state index is -0.369. The Hall–Kier alpha value is -3.54. The predicted molar refractivity (Wildman–Crippen MR) is 144 cm³/mol. The summed E-state index contributed by atoms with van der Waals surface area (Å²) in [5.74, 6) is 0.643. The van der Waals surface area contributed by atoms with E-state index >= 15 is 0 Å². The van der Waals surface area contributed by atoms with Gasteiger partial charge in [0.15, 0.2) is 0 Å². The van der Waals surface area contributed by atoms with Gasteiger partial charge in [-0.25, -0.2) is 9.59 Å². The second kappa shape index (κ2) is 14.8. The van der Waals surface area contributed by atoms with Gasteiger partial charge in [0.1, 0.15) is 11.5 Å². The Morgan fingerprint density at radius 1 is 0.694 bits per heavy atom. The molecule has 0 spiro atoms. The number of benzene rings is 2. The lowest BCUT2D eigenvalue weighted by atomic mass is 10.1. The van der Waals surface area contributed by atoms with Crippen LogP contribution in [-0.2, 0) is 9.47 Å². The van der Waals surface area contributed by atoms with E-state index in [0.29, 0.717) is 35.8 Å². The van der Waals surface area contributed by atoms with E-state index in [-0.39, 0.29) is 24.1 Å². The highest BCUT2D eigenvalue weighted by atomic mass is 16.5. The van der Waals surface area contributed by atoms with Crippen LogP contribution in [-0.4, -0.2) is 37.4 Å². The quantitative estimate of drug-likeness (QED) is 0.194. The van der Waals surface area contributed by atoms with Crippen molar-refractivity contribution in [3.8, 4) is 11.5 Å². The van der Waals surface area contributed by atoms with E-state index in [4.69, 9.17) is 18.9 Å². The number of rotatable bonds is 15. The first-order chi connectivity index (χ1) is 17.2. The highest BCUT2D eigenvalue weighted by Gasteiger charge is 2.13. The number of hydrogen-bond acceptors (Lipinski definition) is 6. The Labute approximate surface area is 214 Å². The van der Waals surface area contributed by atoms with Crippen molar-refractivity contribution in [2.24, 2.45) is 0 Å². The molecule has 0 N–H and O–H groups in total. The monoisotopic (exact) mass is 494 g/mol.